The molecule has 1 fully saturated rings. The Hall–Kier alpha value is -2.92. The van der Waals surface area contributed by atoms with Gasteiger partial charge in [-0.25, -0.2) is 9.97 Å². The van der Waals surface area contributed by atoms with Crippen molar-refractivity contribution in [3.8, 4) is 11.5 Å². The van der Waals surface area contributed by atoms with E-state index in [1.807, 2.05) is 24.5 Å². The Labute approximate surface area is 164 Å². The van der Waals surface area contributed by atoms with Gasteiger partial charge in [-0.1, -0.05) is 24.3 Å². The van der Waals surface area contributed by atoms with E-state index in [0.717, 1.165) is 41.9 Å². The molecule has 0 unspecified atom stereocenters. The van der Waals surface area contributed by atoms with Crippen LogP contribution in [-0.4, -0.2) is 32.0 Å². The van der Waals surface area contributed by atoms with E-state index in [0.29, 0.717) is 11.9 Å². The Kier molecular flexibility index (Phi) is 4.45. The standard InChI is InChI=1S/C23H24N4O/c1-17-5-4-12-26(17)14-20-15-28-23(25-20)19-10-8-18(9-11-19)13-27-16-24-21-6-2-3-7-22(21)27/h2-3,6-11,15-17H,4-5,12-14H2,1H3/t17-/m0/s1. The van der Waals surface area contributed by atoms with Crippen LogP contribution in [0.3, 0.4) is 0 Å². The number of likely N-dealkylation sites (tertiary alicyclic amines) is 1. The van der Waals surface area contributed by atoms with E-state index in [1.54, 1.807) is 6.26 Å². The van der Waals surface area contributed by atoms with Crippen LogP contribution in [0.5, 0.6) is 0 Å². The third-order valence-electron chi connectivity index (χ3n) is 5.69. The molecular weight excluding hydrogens is 348 g/mol. The number of nitrogens with zero attached hydrogens (tertiary/aromatic N) is 4. The van der Waals surface area contributed by atoms with Gasteiger partial charge in [0.2, 0.25) is 5.89 Å². The number of imidazole rings is 1. The molecular formula is C23H24N4O. The van der Waals surface area contributed by atoms with Crippen molar-refractivity contribution in [3.05, 3.63) is 72.4 Å². The second kappa shape index (κ2) is 7.24. The number of rotatable bonds is 5. The first kappa shape index (κ1) is 17.2. The molecule has 0 radical (unpaired) electrons. The molecule has 4 aromatic rings. The summed E-state index contributed by atoms with van der Waals surface area (Å²) in [6, 6.07) is 17.3. The molecule has 1 aliphatic rings. The van der Waals surface area contributed by atoms with Crippen LogP contribution in [0.1, 0.15) is 31.0 Å². The summed E-state index contributed by atoms with van der Waals surface area (Å²) in [5, 5.41) is 0. The molecule has 0 bridgehead atoms. The van der Waals surface area contributed by atoms with Gasteiger partial charge in [0, 0.05) is 24.7 Å². The minimum atomic E-state index is 0.638. The summed E-state index contributed by atoms with van der Waals surface area (Å²) in [5.41, 5.74) is 5.43. The molecule has 28 heavy (non-hydrogen) atoms. The lowest BCUT2D eigenvalue weighted by molar-refractivity contribution is 0.257. The molecule has 0 amide bonds. The van der Waals surface area contributed by atoms with Gasteiger partial charge in [-0.05, 0) is 56.1 Å². The average Bonchev–Trinajstić information content (AvgIpc) is 3.45. The van der Waals surface area contributed by atoms with E-state index in [-0.39, 0.29) is 0 Å². The second-order valence-corrected chi connectivity index (χ2v) is 7.66. The van der Waals surface area contributed by atoms with Gasteiger partial charge in [0.25, 0.3) is 0 Å². The Morgan fingerprint density at radius 2 is 1.93 bits per heavy atom. The Morgan fingerprint density at radius 1 is 1.07 bits per heavy atom. The maximum Gasteiger partial charge on any atom is 0.226 e. The second-order valence-electron chi connectivity index (χ2n) is 7.66. The summed E-state index contributed by atoms with van der Waals surface area (Å²) in [6.07, 6.45) is 6.25. The van der Waals surface area contributed by atoms with Gasteiger partial charge in [-0.15, -0.1) is 0 Å². The summed E-state index contributed by atoms with van der Waals surface area (Å²) in [7, 11) is 0. The smallest absolute Gasteiger partial charge is 0.226 e. The van der Waals surface area contributed by atoms with Crippen molar-refractivity contribution in [2.24, 2.45) is 0 Å². The van der Waals surface area contributed by atoms with E-state index < -0.39 is 0 Å². The number of hydrogen-bond donors (Lipinski definition) is 0. The van der Waals surface area contributed by atoms with Crippen LogP contribution in [0.2, 0.25) is 0 Å². The topological polar surface area (TPSA) is 47.1 Å². The molecule has 1 saturated heterocycles. The zero-order chi connectivity index (χ0) is 18.9. The van der Waals surface area contributed by atoms with E-state index in [4.69, 9.17) is 9.40 Å². The summed E-state index contributed by atoms with van der Waals surface area (Å²) in [6.45, 7) is 5.11. The summed E-state index contributed by atoms with van der Waals surface area (Å²) in [4.78, 5) is 11.6. The molecule has 0 N–H and O–H groups in total. The molecule has 1 aliphatic heterocycles. The first-order valence-electron chi connectivity index (χ1n) is 9.94. The highest BCUT2D eigenvalue weighted by Crippen LogP contribution is 2.23. The SMILES string of the molecule is C[C@H]1CCCN1Cc1coc(-c2ccc(Cn3cnc4ccccc43)cc2)n1. The number of hydrogen-bond acceptors (Lipinski definition) is 4. The third kappa shape index (κ3) is 3.34. The van der Waals surface area contributed by atoms with Crippen molar-refractivity contribution >= 4 is 11.0 Å². The normalized spacial score (nSPS) is 17.5. The molecule has 0 saturated carbocycles. The zero-order valence-electron chi connectivity index (χ0n) is 16.1. The van der Waals surface area contributed by atoms with Crippen LogP contribution in [-0.2, 0) is 13.1 Å². The van der Waals surface area contributed by atoms with Gasteiger partial charge in [0.1, 0.15) is 6.26 Å². The minimum absolute atomic E-state index is 0.638. The van der Waals surface area contributed by atoms with Crippen LogP contribution < -0.4 is 0 Å². The van der Waals surface area contributed by atoms with Gasteiger partial charge in [-0.2, -0.15) is 0 Å². The van der Waals surface area contributed by atoms with Crippen LogP contribution in [0.4, 0.5) is 0 Å². The third-order valence-corrected chi connectivity index (χ3v) is 5.69. The molecule has 1 atom stereocenters. The van der Waals surface area contributed by atoms with Gasteiger partial charge >= 0.3 is 0 Å². The van der Waals surface area contributed by atoms with Gasteiger partial charge in [0.15, 0.2) is 0 Å². The predicted octanol–water partition coefficient (Wildman–Crippen LogP) is 4.72. The molecule has 142 valence electrons. The average molecular weight is 372 g/mol. The monoisotopic (exact) mass is 372 g/mol. The van der Waals surface area contributed by atoms with Crippen LogP contribution in [0.15, 0.2) is 65.5 Å². The molecule has 5 rings (SSSR count). The molecule has 3 heterocycles. The number of oxazole rings is 1. The molecule has 2 aromatic carbocycles. The van der Waals surface area contributed by atoms with Crippen LogP contribution >= 0.6 is 0 Å². The van der Waals surface area contributed by atoms with Gasteiger partial charge in [-0.3, -0.25) is 4.90 Å². The largest absolute Gasteiger partial charge is 0.444 e. The molecule has 0 aliphatic carbocycles. The number of para-hydroxylation sites is 2. The fourth-order valence-corrected chi connectivity index (χ4v) is 4.03. The lowest BCUT2D eigenvalue weighted by Gasteiger charge is -2.18. The summed E-state index contributed by atoms with van der Waals surface area (Å²) < 4.78 is 7.92. The summed E-state index contributed by atoms with van der Waals surface area (Å²) >= 11 is 0. The zero-order valence-corrected chi connectivity index (χ0v) is 16.1. The van der Waals surface area contributed by atoms with Crippen molar-refractivity contribution in [2.75, 3.05) is 6.54 Å². The van der Waals surface area contributed by atoms with Crippen molar-refractivity contribution in [2.45, 2.75) is 38.9 Å². The van der Waals surface area contributed by atoms with Crippen molar-refractivity contribution in [3.63, 3.8) is 0 Å². The highest BCUT2D eigenvalue weighted by atomic mass is 16.3. The maximum absolute atomic E-state index is 5.75. The van der Waals surface area contributed by atoms with E-state index in [2.05, 4.69) is 51.7 Å². The predicted molar refractivity (Wildman–Crippen MR) is 110 cm³/mol. The maximum atomic E-state index is 5.75. The lowest BCUT2D eigenvalue weighted by Crippen LogP contribution is -2.26. The van der Waals surface area contributed by atoms with E-state index in [9.17, 15) is 0 Å². The molecule has 5 heteroatoms. The minimum Gasteiger partial charge on any atom is -0.444 e. The lowest BCUT2D eigenvalue weighted by atomic mass is 10.1. The number of fused-ring (bicyclic) bond motifs is 1. The highest BCUT2D eigenvalue weighted by Gasteiger charge is 2.21. The first-order chi connectivity index (χ1) is 13.8. The Bertz CT molecular complexity index is 1080. The summed E-state index contributed by atoms with van der Waals surface area (Å²) in [5.74, 6) is 0.696. The first-order valence-corrected chi connectivity index (χ1v) is 9.94. The van der Waals surface area contributed by atoms with Gasteiger partial charge in [0.05, 0.1) is 23.1 Å². The number of benzene rings is 2. The van der Waals surface area contributed by atoms with Crippen molar-refractivity contribution < 1.29 is 4.42 Å². The molecule has 5 nitrogen and oxygen atoms in total. The van der Waals surface area contributed by atoms with E-state index >= 15 is 0 Å². The Balaban J connectivity index is 1.30. The van der Waals surface area contributed by atoms with Crippen molar-refractivity contribution in [1.29, 1.82) is 0 Å². The van der Waals surface area contributed by atoms with Gasteiger partial charge < -0.3 is 8.98 Å². The van der Waals surface area contributed by atoms with Crippen molar-refractivity contribution in [1.82, 2.24) is 19.4 Å². The van der Waals surface area contributed by atoms with Crippen LogP contribution in [0, 0.1) is 0 Å². The fraction of sp³-hybridized carbons (Fsp3) is 0.304. The quantitative estimate of drug-likeness (QED) is 0.508. The fourth-order valence-electron chi connectivity index (χ4n) is 4.03. The molecule has 2 aromatic heterocycles. The van der Waals surface area contributed by atoms with E-state index in [1.165, 1.54) is 18.4 Å². The van der Waals surface area contributed by atoms with Crippen LogP contribution in [0.25, 0.3) is 22.5 Å². The highest BCUT2D eigenvalue weighted by molar-refractivity contribution is 5.75. The number of aromatic nitrogens is 3. The molecule has 0 spiro atoms. The Morgan fingerprint density at radius 3 is 2.75 bits per heavy atom.